The normalized spacial score (nSPS) is 18.4. The summed E-state index contributed by atoms with van der Waals surface area (Å²) in [6.07, 6.45) is 4.00. The molecule has 0 aromatic heterocycles. The van der Waals surface area contributed by atoms with E-state index in [4.69, 9.17) is 4.74 Å². The molecule has 1 aromatic carbocycles. The number of hydrogen-bond donors (Lipinski definition) is 1. The maximum atomic E-state index is 13.3. The van der Waals surface area contributed by atoms with Crippen LogP contribution in [-0.4, -0.2) is 13.2 Å². The topological polar surface area (TPSA) is 21.3 Å². The molecule has 1 aromatic rings. The van der Waals surface area contributed by atoms with Crippen LogP contribution >= 0.6 is 0 Å². The Hall–Kier alpha value is -1.09. The highest BCUT2D eigenvalue weighted by Gasteiger charge is 2.24. The van der Waals surface area contributed by atoms with Gasteiger partial charge in [-0.05, 0) is 43.9 Å². The first-order valence-electron chi connectivity index (χ1n) is 6.69. The predicted molar refractivity (Wildman–Crippen MR) is 71.3 cm³/mol. The Kier molecular flexibility index (Phi) is 4.23. The summed E-state index contributed by atoms with van der Waals surface area (Å²) < 4.78 is 18.3. The van der Waals surface area contributed by atoms with E-state index in [0.29, 0.717) is 11.8 Å². The first-order chi connectivity index (χ1) is 8.60. The highest BCUT2D eigenvalue weighted by molar-refractivity contribution is 5.31. The Morgan fingerprint density at radius 1 is 1.39 bits per heavy atom. The van der Waals surface area contributed by atoms with E-state index in [-0.39, 0.29) is 11.9 Å². The van der Waals surface area contributed by atoms with E-state index < -0.39 is 0 Å². The quantitative estimate of drug-likeness (QED) is 0.833. The Morgan fingerprint density at radius 3 is 2.72 bits per heavy atom. The molecule has 2 nitrogen and oxygen atoms in total. The van der Waals surface area contributed by atoms with Crippen molar-refractivity contribution in [2.24, 2.45) is 5.92 Å². The second-order valence-corrected chi connectivity index (χ2v) is 5.36. The van der Waals surface area contributed by atoms with Crippen LogP contribution in [0.4, 0.5) is 4.39 Å². The minimum atomic E-state index is -0.306. The van der Waals surface area contributed by atoms with Crippen molar-refractivity contribution in [3.8, 4) is 5.75 Å². The molecule has 2 rings (SSSR count). The molecule has 0 radical (unpaired) electrons. The number of nitrogens with one attached hydrogen (secondary N) is 1. The standard InChI is InChI=1S/C15H22FNO/c1-10(8-12-4-5-12)17-11(2)13-6-7-14(16)15(9-13)18-3/h6-7,9-12,17H,4-5,8H2,1-3H3. The van der Waals surface area contributed by atoms with Crippen LogP contribution in [-0.2, 0) is 0 Å². The van der Waals surface area contributed by atoms with Crippen LogP contribution in [0.3, 0.4) is 0 Å². The molecular weight excluding hydrogens is 229 g/mol. The van der Waals surface area contributed by atoms with Crippen LogP contribution in [0, 0.1) is 11.7 Å². The van der Waals surface area contributed by atoms with Crippen molar-refractivity contribution in [3.63, 3.8) is 0 Å². The van der Waals surface area contributed by atoms with Gasteiger partial charge in [-0.25, -0.2) is 4.39 Å². The molecule has 0 spiro atoms. The van der Waals surface area contributed by atoms with Crippen LogP contribution in [0.25, 0.3) is 0 Å². The molecule has 100 valence electrons. The van der Waals surface area contributed by atoms with Crippen molar-refractivity contribution >= 4 is 0 Å². The van der Waals surface area contributed by atoms with Crippen molar-refractivity contribution < 1.29 is 9.13 Å². The molecule has 0 aliphatic heterocycles. The first kappa shape index (κ1) is 13.3. The average molecular weight is 251 g/mol. The number of methoxy groups -OCH3 is 1. The van der Waals surface area contributed by atoms with Crippen LogP contribution < -0.4 is 10.1 Å². The zero-order chi connectivity index (χ0) is 13.1. The third-order valence-corrected chi connectivity index (χ3v) is 3.59. The van der Waals surface area contributed by atoms with E-state index in [1.165, 1.54) is 32.4 Å². The molecule has 1 saturated carbocycles. The fraction of sp³-hybridized carbons (Fsp3) is 0.600. The second-order valence-electron chi connectivity index (χ2n) is 5.36. The van der Waals surface area contributed by atoms with Gasteiger partial charge in [0.15, 0.2) is 11.6 Å². The minimum Gasteiger partial charge on any atom is -0.494 e. The Balaban J connectivity index is 1.96. The fourth-order valence-corrected chi connectivity index (χ4v) is 2.39. The number of benzene rings is 1. The lowest BCUT2D eigenvalue weighted by Crippen LogP contribution is -2.29. The smallest absolute Gasteiger partial charge is 0.165 e. The number of ether oxygens (including phenoxy) is 1. The largest absolute Gasteiger partial charge is 0.494 e. The molecule has 1 aliphatic carbocycles. The predicted octanol–water partition coefficient (Wildman–Crippen LogP) is 3.67. The second kappa shape index (κ2) is 5.70. The molecular formula is C15H22FNO. The molecule has 1 aliphatic rings. The maximum Gasteiger partial charge on any atom is 0.165 e. The summed E-state index contributed by atoms with van der Waals surface area (Å²) >= 11 is 0. The van der Waals surface area contributed by atoms with Gasteiger partial charge >= 0.3 is 0 Å². The van der Waals surface area contributed by atoms with E-state index >= 15 is 0 Å². The zero-order valence-electron chi connectivity index (χ0n) is 11.4. The monoisotopic (exact) mass is 251 g/mol. The van der Waals surface area contributed by atoms with Gasteiger partial charge in [0.1, 0.15) is 0 Å². The Morgan fingerprint density at radius 2 is 2.11 bits per heavy atom. The van der Waals surface area contributed by atoms with Crippen molar-refractivity contribution in [2.45, 2.75) is 45.2 Å². The highest BCUT2D eigenvalue weighted by Crippen LogP contribution is 2.34. The van der Waals surface area contributed by atoms with Crippen molar-refractivity contribution in [1.82, 2.24) is 5.32 Å². The number of hydrogen-bond acceptors (Lipinski definition) is 2. The lowest BCUT2D eigenvalue weighted by Gasteiger charge is -2.20. The maximum absolute atomic E-state index is 13.3. The molecule has 2 unspecified atom stereocenters. The average Bonchev–Trinajstić information content (AvgIpc) is 3.13. The van der Waals surface area contributed by atoms with Gasteiger partial charge in [-0.2, -0.15) is 0 Å². The summed E-state index contributed by atoms with van der Waals surface area (Å²) in [5, 5.41) is 3.56. The number of rotatable bonds is 6. The van der Waals surface area contributed by atoms with Crippen LogP contribution in [0.15, 0.2) is 18.2 Å². The molecule has 0 bridgehead atoms. The fourth-order valence-electron chi connectivity index (χ4n) is 2.39. The van der Waals surface area contributed by atoms with E-state index in [2.05, 4.69) is 19.2 Å². The summed E-state index contributed by atoms with van der Waals surface area (Å²) in [5.41, 5.74) is 1.07. The van der Waals surface area contributed by atoms with Gasteiger partial charge in [-0.15, -0.1) is 0 Å². The molecule has 18 heavy (non-hydrogen) atoms. The number of halogens is 1. The van der Waals surface area contributed by atoms with Gasteiger partial charge in [0, 0.05) is 12.1 Å². The highest BCUT2D eigenvalue weighted by atomic mass is 19.1. The lowest BCUT2D eigenvalue weighted by atomic mass is 10.1. The molecule has 3 heteroatoms. The molecule has 0 amide bonds. The molecule has 2 atom stereocenters. The van der Waals surface area contributed by atoms with Gasteiger partial charge in [0.2, 0.25) is 0 Å². The van der Waals surface area contributed by atoms with Gasteiger partial charge in [0.25, 0.3) is 0 Å². The van der Waals surface area contributed by atoms with E-state index in [1.807, 2.05) is 6.07 Å². The summed E-state index contributed by atoms with van der Waals surface area (Å²) in [5.74, 6) is 0.929. The summed E-state index contributed by atoms with van der Waals surface area (Å²) in [4.78, 5) is 0. The van der Waals surface area contributed by atoms with Gasteiger partial charge in [0.05, 0.1) is 7.11 Å². The molecule has 1 fully saturated rings. The van der Waals surface area contributed by atoms with E-state index in [9.17, 15) is 4.39 Å². The lowest BCUT2D eigenvalue weighted by molar-refractivity contribution is 0.383. The molecule has 0 heterocycles. The molecule has 1 N–H and O–H groups in total. The summed E-state index contributed by atoms with van der Waals surface area (Å²) in [6.45, 7) is 4.33. The van der Waals surface area contributed by atoms with Crippen molar-refractivity contribution in [1.29, 1.82) is 0 Å². The van der Waals surface area contributed by atoms with Crippen LogP contribution in [0.1, 0.15) is 44.7 Å². The van der Waals surface area contributed by atoms with Gasteiger partial charge in [-0.1, -0.05) is 18.9 Å². The third kappa shape index (κ3) is 3.45. The Labute approximate surface area is 109 Å². The van der Waals surface area contributed by atoms with Crippen molar-refractivity contribution in [3.05, 3.63) is 29.6 Å². The first-order valence-corrected chi connectivity index (χ1v) is 6.69. The minimum absolute atomic E-state index is 0.216. The van der Waals surface area contributed by atoms with Gasteiger partial charge < -0.3 is 10.1 Å². The SMILES string of the molecule is COc1cc(C(C)NC(C)CC2CC2)ccc1F. The third-order valence-electron chi connectivity index (χ3n) is 3.59. The zero-order valence-corrected chi connectivity index (χ0v) is 11.4. The molecule has 0 saturated heterocycles. The van der Waals surface area contributed by atoms with E-state index in [1.54, 1.807) is 6.07 Å². The van der Waals surface area contributed by atoms with Crippen LogP contribution in [0.2, 0.25) is 0 Å². The van der Waals surface area contributed by atoms with Crippen molar-refractivity contribution in [2.75, 3.05) is 7.11 Å². The Bertz CT molecular complexity index is 403. The summed E-state index contributed by atoms with van der Waals surface area (Å²) in [7, 11) is 1.50. The van der Waals surface area contributed by atoms with Gasteiger partial charge in [-0.3, -0.25) is 0 Å². The van der Waals surface area contributed by atoms with Crippen LogP contribution in [0.5, 0.6) is 5.75 Å². The van der Waals surface area contributed by atoms with E-state index in [0.717, 1.165) is 11.5 Å². The summed E-state index contributed by atoms with van der Waals surface area (Å²) in [6, 6.07) is 5.78.